The minimum absolute atomic E-state index is 0.00251. The first-order valence-corrected chi connectivity index (χ1v) is 6.33. The summed E-state index contributed by atoms with van der Waals surface area (Å²) in [6.45, 7) is 5.71. The molecule has 0 saturated heterocycles. The van der Waals surface area contributed by atoms with Gasteiger partial charge in [0, 0.05) is 6.04 Å². The molecule has 2 N–H and O–H groups in total. The Balaban J connectivity index is 2.85. The van der Waals surface area contributed by atoms with Crippen molar-refractivity contribution in [3.63, 3.8) is 0 Å². The van der Waals surface area contributed by atoms with Crippen molar-refractivity contribution in [2.24, 2.45) is 0 Å². The molecule has 0 aromatic heterocycles. The predicted octanol–water partition coefficient (Wildman–Crippen LogP) is 2.00. The highest BCUT2D eigenvalue weighted by Crippen LogP contribution is 2.13. The average Bonchev–Trinajstić information content (AvgIpc) is 2.36. The normalized spacial score (nSPS) is 11.8. The number of alkyl carbamates (subject to hydrolysis) is 1. The Morgan fingerprint density at radius 3 is 2.32 bits per heavy atom. The lowest BCUT2D eigenvalue weighted by Gasteiger charge is -2.19. The molecule has 0 saturated carbocycles. The van der Waals surface area contributed by atoms with E-state index in [4.69, 9.17) is 4.74 Å². The van der Waals surface area contributed by atoms with E-state index in [-0.39, 0.29) is 18.6 Å². The molecule has 0 aliphatic rings. The zero-order valence-electron chi connectivity index (χ0n) is 11.5. The zero-order valence-corrected chi connectivity index (χ0v) is 11.5. The van der Waals surface area contributed by atoms with Crippen molar-refractivity contribution < 1.29 is 14.3 Å². The van der Waals surface area contributed by atoms with Crippen LogP contribution in [0.1, 0.15) is 32.4 Å². The van der Waals surface area contributed by atoms with Gasteiger partial charge in [0.05, 0.1) is 6.61 Å². The fourth-order valence-electron chi connectivity index (χ4n) is 1.60. The molecule has 5 heteroatoms. The molecule has 5 nitrogen and oxygen atoms in total. The summed E-state index contributed by atoms with van der Waals surface area (Å²) in [6.07, 6.45) is -0.602. The second kappa shape index (κ2) is 7.41. The molecular weight excluding hydrogens is 244 g/mol. The maximum Gasteiger partial charge on any atom is 0.408 e. The van der Waals surface area contributed by atoms with Crippen molar-refractivity contribution in [3.8, 4) is 0 Å². The molecule has 19 heavy (non-hydrogen) atoms. The van der Waals surface area contributed by atoms with Crippen molar-refractivity contribution in [2.75, 3.05) is 6.61 Å². The third-order valence-electron chi connectivity index (χ3n) is 2.36. The van der Waals surface area contributed by atoms with E-state index in [2.05, 4.69) is 10.6 Å². The highest BCUT2D eigenvalue weighted by atomic mass is 16.5. The molecule has 2 amide bonds. The van der Waals surface area contributed by atoms with Crippen molar-refractivity contribution >= 4 is 12.0 Å². The summed E-state index contributed by atoms with van der Waals surface area (Å²) >= 11 is 0. The first-order valence-electron chi connectivity index (χ1n) is 6.33. The summed E-state index contributed by atoms with van der Waals surface area (Å²) in [4.78, 5) is 23.6. The number of nitrogens with one attached hydrogen (secondary N) is 2. The molecule has 0 radical (unpaired) electrons. The lowest BCUT2D eigenvalue weighted by Crippen LogP contribution is -2.42. The van der Waals surface area contributed by atoms with Crippen LogP contribution >= 0.6 is 0 Å². The van der Waals surface area contributed by atoms with Gasteiger partial charge in [-0.05, 0) is 26.3 Å². The van der Waals surface area contributed by atoms with Gasteiger partial charge in [0.1, 0.15) is 6.04 Å². The van der Waals surface area contributed by atoms with Crippen molar-refractivity contribution in [1.29, 1.82) is 0 Å². The van der Waals surface area contributed by atoms with E-state index in [1.165, 1.54) is 0 Å². The number of ether oxygens (including phenoxy) is 1. The molecule has 104 valence electrons. The van der Waals surface area contributed by atoms with Gasteiger partial charge in [-0.15, -0.1) is 0 Å². The Hall–Kier alpha value is -2.04. The second-order valence-corrected chi connectivity index (χ2v) is 4.37. The van der Waals surface area contributed by atoms with Crippen LogP contribution in [0.5, 0.6) is 0 Å². The molecule has 0 heterocycles. The standard InChI is InChI=1S/C14H20N2O3/c1-4-19-14(18)16-12(13(17)15-10(2)3)11-8-6-5-7-9-11/h5-10,12H,4H2,1-3H3,(H,15,17)(H,16,18)/t12-/m0/s1. The maximum absolute atomic E-state index is 12.1. The van der Waals surface area contributed by atoms with E-state index in [1.807, 2.05) is 32.0 Å². The van der Waals surface area contributed by atoms with Crippen LogP contribution < -0.4 is 10.6 Å². The molecule has 0 fully saturated rings. The Kier molecular flexibility index (Phi) is 5.85. The topological polar surface area (TPSA) is 67.4 Å². The summed E-state index contributed by atoms with van der Waals surface area (Å²) < 4.78 is 4.82. The monoisotopic (exact) mass is 264 g/mol. The Morgan fingerprint density at radius 1 is 1.16 bits per heavy atom. The molecule has 1 atom stereocenters. The van der Waals surface area contributed by atoms with Gasteiger partial charge in [0.25, 0.3) is 0 Å². The lowest BCUT2D eigenvalue weighted by molar-refractivity contribution is -0.123. The van der Waals surface area contributed by atoms with E-state index in [1.54, 1.807) is 19.1 Å². The Morgan fingerprint density at radius 2 is 1.79 bits per heavy atom. The van der Waals surface area contributed by atoms with Crippen LogP contribution in [-0.2, 0) is 9.53 Å². The molecule has 0 bridgehead atoms. The molecule has 0 aliphatic heterocycles. The number of carbonyl (C=O) groups is 2. The largest absolute Gasteiger partial charge is 0.450 e. The highest BCUT2D eigenvalue weighted by Gasteiger charge is 2.23. The summed E-state index contributed by atoms with van der Waals surface area (Å²) in [7, 11) is 0. The zero-order chi connectivity index (χ0) is 14.3. The highest BCUT2D eigenvalue weighted by molar-refractivity contribution is 5.87. The van der Waals surface area contributed by atoms with E-state index in [0.717, 1.165) is 0 Å². The smallest absolute Gasteiger partial charge is 0.408 e. The van der Waals surface area contributed by atoms with Gasteiger partial charge in [0.2, 0.25) is 5.91 Å². The maximum atomic E-state index is 12.1. The van der Waals surface area contributed by atoms with Crippen LogP contribution in [0, 0.1) is 0 Å². The Bertz CT molecular complexity index is 418. The van der Waals surface area contributed by atoms with Crippen LogP contribution in [-0.4, -0.2) is 24.6 Å². The quantitative estimate of drug-likeness (QED) is 0.854. The van der Waals surface area contributed by atoms with Gasteiger partial charge < -0.3 is 15.4 Å². The fraction of sp³-hybridized carbons (Fsp3) is 0.429. The molecule has 0 aliphatic carbocycles. The first kappa shape index (κ1) is 15.0. The number of hydrogen-bond donors (Lipinski definition) is 2. The van der Waals surface area contributed by atoms with E-state index in [0.29, 0.717) is 5.56 Å². The van der Waals surface area contributed by atoms with Gasteiger partial charge in [-0.1, -0.05) is 30.3 Å². The average molecular weight is 264 g/mol. The van der Waals surface area contributed by atoms with Gasteiger partial charge in [-0.2, -0.15) is 0 Å². The van der Waals surface area contributed by atoms with Crippen LogP contribution in [0.15, 0.2) is 30.3 Å². The summed E-state index contributed by atoms with van der Waals surface area (Å²) in [5, 5.41) is 5.35. The molecular formula is C14H20N2O3. The molecule has 0 spiro atoms. The summed E-state index contributed by atoms with van der Waals surface area (Å²) in [5.41, 5.74) is 0.716. The van der Waals surface area contributed by atoms with Crippen LogP contribution in [0.25, 0.3) is 0 Å². The predicted molar refractivity (Wildman–Crippen MR) is 72.6 cm³/mol. The minimum Gasteiger partial charge on any atom is -0.450 e. The third kappa shape index (κ3) is 4.99. The SMILES string of the molecule is CCOC(=O)N[C@H](C(=O)NC(C)C)c1ccccc1. The Labute approximate surface area is 113 Å². The second-order valence-electron chi connectivity index (χ2n) is 4.37. The first-order chi connectivity index (χ1) is 9.04. The van der Waals surface area contributed by atoms with Crippen molar-refractivity contribution in [1.82, 2.24) is 10.6 Å². The number of benzene rings is 1. The van der Waals surface area contributed by atoms with Gasteiger partial charge in [-0.25, -0.2) is 4.79 Å². The molecule has 1 rings (SSSR count). The van der Waals surface area contributed by atoms with Crippen LogP contribution in [0.4, 0.5) is 4.79 Å². The van der Waals surface area contributed by atoms with Gasteiger partial charge in [-0.3, -0.25) is 4.79 Å². The lowest BCUT2D eigenvalue weighted by atomic mass is 10.1. The summed E-state index contributed by atoms with van der Waals surface area (Å²) in [5.74, 6) is -0.255. The summed E-state index contributed by atoms with van der Waals surface area (Å²) in [6, 6.07) is 8.32. The van der Waals surface area contributed by atoms with E-state index in [9.17, 15) is 9.59 Å². The van der Waals surface area contributed by atoms with E-state index < -0.39 is 12.1 Å². The number of rotatable bonds is 5. The van der Waals surface area contributed by atoms with E-state index >= 15 is 0 Å². The molecule has 0 unspecified atom stereocenters. The van der Waals surface area contributed by atoms with Gasteiger partial charge in [0.15, 0.2) is 0 Å². The van der Waals surface area contributed by atoms with Crippen molar-refractivity contribution in [3.05, 3.63) is 35.9 Å². The van der Waals surface area contributed by atoms with Crippen LogP contribution in [0.2, 0.25) is 0 Å². The minimum atomic E-state index is -0.748. The number of amides is 2. The fourth-order valence-corrected chi connectivity index (χ4v) is 1.60. The van der Waals surface area contributed by atoms with Gasteiger partial charge >= 0.3 is 6.09 Å². The number of carbonyl (C=O) groups excluding carboxylic acids is 2. The van der Waals surface area contributed by atoms with Crippen LogP contribution in [0.3, 0.4) is 0 Å². The van der Waals surface area contributed by atoms with Crippen molar-refractivity contribution in [2.45, 2.75) is 32.9 Å². The molecule has 1 aromatic rings. The number of hydrogen-bond acceptors (Lipinski definition) is 3. The molecule has 1 aromatic carbocycles. The third-order valence-corrected chi connectivity index (χ3v) is 2.36.